The number of rotatable bonds is 5. The molecule has 112 valence electrons. The molecule has 0 saturated carbocycles. The summed E-state index contributed by atoms with van der Waals surface area (Å²) in [5, 5.41) is 0. The maximum absolute atomic E-state index is 12.4. The molecule has 2 aromatic rings. The van der Waals surface area contributed by atoms with Crippen LogP contribution < -0.4 is 4.74 Å². The number of alkyl halides is 4. The zero-order valence-corrected chi connectivity index (χ0v) is 11.9. The van der Waals surface area contributed by atoms with Crippen molar-refractivity contribution in [3.8, 4) is 5.75 Å². The van der Waals surface area contributed by atoms with Gasteiger partial charge >= 0.3 is 6.18 Å². The lowest BCUT2D eigenvalue weighted by Gasteiger charge is -2.13. The summed E-state index contributed by atoms with van der Waals surface area (Å²) in [6.07, 6.45) is -3.02. The molecule has 1 unspecified atom stereocenters. The highest BCUT2D eigenvalue weighted by Gasteiger charge is 2.30. The molecule has 0 heterocycles. The average Bonchev–Trinajstić information content (AvgIpc) is 2.46. The number of hydrogen-bond donors (Lipinski definition) is 0. The minimum Gasteiger partial charge on any atom is -0.475 e. The fraction of sp³-hybridized carbons (Fsp3) is 0.250. The molecule has 21 heavy (non-hydrogen) atoms. The Balaban J connectivity index is 1.86. The van der Waals surface area contributed by atoms with Crippen molar-refractivity contribution in [2.75, 3.05) is 0 Å². The topological polar surface area (TPSA) is 9.23 Å². The number of ether oxygens (including phenoxy) is 1. The van der Waals surface area contributed by atoms with Crippen molar-refractivity contribution in [2.45, 2.75) is 24.6 Å². The van der Waals surface area contributed by atoms with Crippen LogP contribution in [-0.2, 0) is 12.6 Å². The zero-order valence-electron chi connectivity index (χ0n) is 11.1. The molecule has 0 amide bonds. The van der Waals surface area contributed by atoms with Gasteiger partial charge in [0.1, 0.15) is 5.75 Å². The Morgan fingerprint density at radius 1 is 0.952 bits per heavy atom. The fourth-order valence-corrected chi connectivity index (χ4v) is 2.07. The predicted molar refractivity (Wildman–Crippen MR) is 76.5 cm³/mol. The Morgan fingerprint density at radius 2 is 1.57 bits per heavy atom. The third-order valence-corrected chi connectivity index (χ3v) is 3.26. The highest BCUT2D eigenvalue weighted by atomic mass is 35.5. The Kier molecular flexibility index (Phi) is 5.12. The van der Waals surface area contributed by atoms with Crippen LogP contribution in [0.2, 0.25) is 0 Å². The van der Waals surface area contributed by atoms with E-state index in [-0.39, 0.29) is 0 Å². The highest BCUT2D eigenvalue weighted by molar-refractivity contribution is 6.19. The molecule has 1 atom stereocenters. The first-order chi connectivity index (χ1) is 9.95. The van der Waals surface area contributed by atoms with Gasteiger partial charge in [-0.05, 0) is 36.2 Å². The third-order valence-electron chi connectivity index (χ3n) is 2.95. The molecule has 5 heteroatoms. The second-order valence-corrected chi connectivity index (χ2v) is 5.06. The normalized spacial score (nSPS) is 13.0. The maximum atomic E-state index is 12.4. The Bertz CT molecular complexity index is 552. The Labute approximate surface area is 126 Å². The van der Waals surface area contributed by atoms with Gasteiger partial charge in [0, 0.05) is 6.42 Å². The number of hydrogen-bond acceptors (Lipinski definition) is 1. The molecule has 0 fully saturated rings. The van der Waals surface area contributed by atoms with Crippen molar-refractivity contribution in [3.63, 3.8) is 0 Å². The fourth-order valence-electron chi connectivity index (χ4n) is 1.85. The lowest BCUT2D eigenvalue weighted by atomic mass is 10.1. The van der Waals surface area contributed by atoms with E-state index in [1.807, 2.05) is 30.3 Å². The van der Waals surface area contributed by atoms with Crippen LogP contribution in [0.25, 0.3) is 0 Å². The quantitative estimate of drug-likeness (QED) is 0.682. The summed E-state index contributed by atoms with van der Waals surface area (Å²) >= 11 is 6.05. The summed E-state index contributed by atoms with van der Waals surface area (Å²) in [7, 11) is 0. The van der Waals surface area contributed by atoms with Crippen LogP contribution in [0.4, 0.5) is 13.2 Å². The molecule has 2 rings (SSSR count). The van der Waals surface area contributed by atoms with E-state index < -0.39 is 17.3 Å². The SMILES string of the molecule is FC(F)(F)c1ccc(OC(Cl)CCc2ccccc2)cc1. The number of benzene rings is 2. The van der Waals surface area contributed by atoms with Crippen LogP contribution in [0, 0.1) is 0 Å². The highest BCUT2D eigenvalue weighted by Crippen LogP contribution is 2.30. The number of halogens is 4. The van der Waals surface area contributed by atoms with Crippen LogP contribution in [-0.4, -0.2) is 5.56 Å². The molecule has 0 aromatic heterocycles. The molecule has 0 aliphatic carbocycles. The first-order valence-electron chi connectivity index (χ1n) is 6.47. The van der Waals surface area contributed by atoms with E-state index in [1.54, 1.807) is 0 Å². The summed E-state index contributed by atoms with van der Waals surface area (Å²) < 4.78 is 42.7. The average molecular weight is 315 g/mol. The monoisotopic (exact) mass is 314 g/mol. The van der Waals surface area contributed by atoms with Crippen molar-refractivity contribution in [1.29, 1.82) is 0 Å². The molecule has 0 saturated heterocycles. The van der Waals surface area contributed by atoms with Crippen molar-refractivity contribution in [2.24, 2.45) is 0 Å². The van der Waals surface area contributed by atoms with Crippen LogP contribution in [0.1, 0.15) is 17.5 Å². The van der Waals surface area contributed by atoms with E-state index in [0.717, 1.165) is 24.1 Å². The molecule has 1 nitrogen and oxygen atoms in total. The van der Waals surface area contributed by atoms with E-state index in [4.69, 9.17) is 16.3 Å². The summed E-state index contributed by atoms with van der Waals surface area (Å²) in [5.41, 5.74) is -0.147. The van der Waals surface area contributed by atoms with Crippen molar-refractivity contribution < 1.29 is 17.9 Å². The standard InChI is InChI=1S/C16H14ClF3O/c17-15(11-6-12-4-2-1-3-5-12)21-14-9-7-13(8-10-14)16(18,19)20/h1-5,7-10,15H,6,11H2. The van der Waals surface area contributed by atoms with Crippen molar-refractivity contribution in [3.05, 3.63) is 65.7 Å². The summed E-state index contributed by atoms with van der Waals surface area (Å²) in [5.74, 6) is 0.330. The molecular weight excluding hydrogens is 301 g/mol. The third kappa shape index (κ3) is 4.97. The van der Waals surface area contributed by atoms with E-state index in [1.165, 1.54) is 12.1 Å². The van der Waals surface area contributed by atoms with Gasteiger partial charge in [0.15, 0.2) is 5.56 Å². The lowest BCUT2D eigenvalue weighted by molar-refractivity contribution is -0.137. The lowest BCUT2D eigenvalue weighted by Crippen LogP contribution is -2.10. The van der Waals surface area contributed by atoms with Crippen LogP contribution in [0.5, 0.6) is 5.75 Å². The van der Waals surface area contributed by atoms with Crippen LogP contribution >= 0.6 is 11.6 Å². The minimum absolute atomic E-state index is 0.330. The van der Waals surface area contributed by atoms with Crippen molar-refractivity contribution >= 4 is 11.6 Å². The Hall–Kier alpha value is -1.68. The van der Waals surface area contributed by atoms with E-state index in [0.29, 0.717) is 12.2 Å². The molecular formula is C16H14ClF3O. The minimum atomic E-state index is -4.34. The first-order valence-corrected chi connectivity index (χ1v) is 6.91. The molecule has 2 aromatic carbocycles. The zero-order chi connectivity index (χ0) is 15.3. The van der Waals surface area contributed by atoms with E-state index in [9.17, 15) is 13.2 Å². The molecule has 0 aliphatic rings. The molecule has 0 aliphatic heterocycles. The summed E-state index contributed by atoms with van der Waals surface area (Å²) in [4.78, 5) is 0. The van der Waals surface area contributed by atoms with Gasteiger partial charge in [-0.1, -0.05) is 41.9 Å². The second kappa shape index (κ2) is 6.85. The van der Waals surface area contributed by atoms with Gasteiger partial charge in [0.2, 0.25) is 0 Å². The van der Waals surface area contributed by atoms with E-state index in [2.05, 4.69) is 0 Å². The van der Waals surface area contributed by atoms with Gasteiger partial charge in [-0.3, -0.25) is 0 Å². The molecule has 0 N–H and O–H groups in total. The van der Waals surface area contributed by atoms with Gasteiger partial charge < -0.3 is 4.74 Å². The Morgan fingerprint density at radius 3 is 2.14 bits per heavy atom. The van der Waals surface area contributed by atoms with Crippen molar-refractivity contribution in [1.82, 2.24) is 0 Å². The van der Waals surface area contributed by atoms with Gasteiger partial charge in [0.05, 0.1) is 5.56 Å². The number of aryl methyl sites for hydroxylation is 1. The largest absolute Gasteiger partial charge is 0.475 e. The second-order valence-electron chi connectivity index (χ2n) is 4.57. The van der Waals surface area contributed by atoms with Gasteiger partial charge in [-0.2, -0.15) is 13.2 Å². The first kappa shape index (κ1) is 15.7. The van der Waals surface area contributed by atoms with E-state index >= 15 is 0 Å². The van der Waals surface area contributed by atoms with Crippen LogP contribution in [0.15, 0.2) is 54.6 Å². The predicted octanol–water partition coefficient (Wildman–Crippen LogP) is 5.28. The van der Waals surface area contributed by atoms with Gasteiger partial charge in [-0.15, -0.1) is 0 Å². The molecule has 0 spiro atoms. The molecule has 0 bridgehead atoms. The summed E-state index contributed by atoms with van der Waals surface area (Å²) in [6.45, 7) is 0. The summed E-state index contributed by atoms with van der Waals surface area (Å²) in [6, 6.07) is 14.3. The molecule has 0 radical (unpaired) electrons. The van der Waals surface area contributed by atoms with Gasteiger partial charge in [0.25, 0.3) is 0 Å². The van der Waals surface area contributed by atoms with Crippen LogP contribution in [0.3, 0.4) is 0 Å². The van der Waals surface area contributed by atoms with Gasteiger partial charge in [-0.25, -0.2) is 0 Å². The smallest absolute Gasteiger partial charge is 0.416 e. The maximum Gasteiger partial charge on any atom is 0.416 e.